The fourth-order valence-electron chi connectivity index (χ4n) is 1.51. The maximum Gasteiger partial charge on any atom is 0.335 e. The van der Waals surface area contributed by atoms with Crippen molar-refractivity contribution in [2.24, 2.45) is 0 Å². The van der Waals surface area contributed by atoms with Crippen molar-refractivity contribution in [3.05, 3.63) is 57.8 Å². The van der Waals surface area contributed by atoms with Crippen LogP contribution >= 0.6 is 15.9 Å². The SMILES string of the molecule is Cc1ccc(C(=O)O)cc1Oc1ccc(Br)c(F)c1. The molecule has 0 fully saturated rings. The van der Waals surface area contributed by atoms with Gasteiger partial charge >= 0.3 is 5.97 Å². The van der Waals surface area contributed by atoms with E-state index < -0.39 is 11.8 Å². The molecule has 5 heteroatoms. The van der Waals surface area contributed by atoms with Crippen molar-refractivity contribution in [2.75, 3.05) is 0 Å². The number of aryl methyl sites for hydroxylation is 1. The molecule has 2 rings (SSSR count). The number of carbonyl (C=O) groups is 1. The molecule has 0 aromatic heterocycles. The molecule has 0 saturated carbocycles. The fraction of sp³-hybridized carbons (Fsp3) is 0.0714. The van der Waals surface area contributed by atoms with E-state index in [0.717, 1.165) is 5.56 Å². The van der Waals surface area contributed by atoms with Crippen LogP contribution in [0.3, 0.4) is 0 Å². The van der Waals surface area contributed by atoms with Gasteiger partial charge < -0.3 is 9.84 Å². The number of benzene rings is 2. The predicted molar refractivity (Wildman–Crippen MR) is 72.3 cm³/mol. The van der Waals surface area contributed by atoms with E-state index in [-0.39, 0.29) is 5.56 Å². The van der Waals surface area contributed by atoms with Gasteiger partial charge in [0.2, 0.25) is 0 Å². The summed E-state index contributed by atoms with van der Waals surface area (Å²) in [5, 5.41) is 8.92. The average Bonchev–Trinajstić information content (AvgIpc) is 2.36. The maximum absolute atomic E-state index is 13.4. The van der Waals surface area contributed by atoms with E-state index >= 15 is 0 Å². The average molecular weight is 325 g/mol. The van der Waals surface area contributed by atoms with Gasteiger partial charge in [-0.05, 0) is 52.7 Å². The largest absolute Gasteiger partial charge is 0.478 e. The third-order valence-corrected chi connectivity index (χ3v) is 3.20. The molecule has 0 unspecified atom stereocenters. The first-order valence-electron chi connectivity index (χ1n) is 5.44. The Morgan fingerprint density at radius 3 is 2.63 bits per heavy atom. The zero-order chi connectivity index (χ0) is 14.0. The fourth-order valence-corrected chi connectivity index (χ4v) is 1.76. The molecule has 0 spiro atoms. The summed E-state index contributed by atoms with van der Waals surface area (Å²) >= 11 is 3.05. The normalized spacial score (nSPS) is 10.3. The van der Waals surface area contributed by atoms with Crippen molar-refractivity contribution in [3.8, 4) is 11.5 Å². The van der Waals surface area contributed by atoms with Crippen LogP contribution in [0.25, 0.3) is 0 Å². The predicted octanol–water partition coefficient (Wildman–Crippen LogP) is 4.39. The summed E-state index contributed by atoms with van der Waals surface area (Å²) in [4.78, 5) is 10.9. The van der Waals surface area contributed by atoms with Crippen LogP contribution < -0.4 is 4.74 Å². The van der Waals surface area contributed by atoms with Gasteiger partial charge in [-0.3, -0.25) is 0 Å². The zero-order valence-corrected chi connectivity index (χ0v) is 11.6. The van der Waals surface area contributed by atoms with Gasteiger partial charge in [0.05, 0.1) is 10.0 Å². The summed E-state index contributed by atoms with van der Waals surface area (Å²) in [5.74, 6) is -0.774. The van der Waals surface area contributed by atoms with Crippen LogP contribution in [0.1, 0.15) is 15.9 Å². The molecule has 98 valence electrons. The van der Waals surface area contributed by atoms with Crippen LogP contribution in [0.15, 0.2) is 40.9 Å². The third kappa shape index (κ3) is 3.12. The molecule has 0 atom stereocenters. The van der Waals surface area contributed by atoms with Gasteiger partial charge in [0.1, 0.15) is 17.3 Å². The molecule has 0 bridgehead atoms. The van der Waals surface area contributed by atoms with Crippen LogP contribution in [0, 0.1) is 12.7 Å². The lowest BCUT2D eigenvalue weighted by atomic mass is 10.1. The van der Waals surface area contributed by atoms with Crippen LogP contribution in [-0.2, 0) is 0 Å². The Labute approximate surface area is 117 Å². The summed E-state index contributed by atoms with van der Waals surface area (Å²) in [7, 11) is 0. The summed E-state index contributed by atoms with van der Waals surface area (Å²) in [5.41, 5.74) is 0.895. The molecular formula is C14H10BrFO3. The highest BCUT2D eigenvalue weighted by molar-refractivity contribution is 9.10. The number of hydrogen-bond acceptors (Lipinski definition) is 2. The molecule has 1 N–H and O–H groups in total. The van der Waals surface area contributed by atoms with Gasteiger partial charge in [-0.2, -0.15) is 0 Å². The van der Waals surface area contributed by atoms with Crippen LogP contribution in [-0.4, -0.2) is 11.1 Å². The van der Waals surface area contributed by atoms with E-state index in [0.29, 0.717) is 16.0 Å². The van der Waals surface area contributed by atoms with E-state index in [4.69, 9.17) is 9.84 Å². The van der Waals surface area contributed by atoms with Gasteiger partial charge in [0, 0.05) is 6.07 Å². The number of halogens is 2. The Morgan fingerprint density at radius 2 is 2.00 bits per heavy atom. The summed E-state index contributed by atoms with van der Waals surface area (Å²) < 4.78 is 19.2. The minimum Gasteiger partial charge on any atom is -0.478 e. The maximum atomic E-state index is 13.4. The van der Waals surface area contributed by atoms with Crippen molar-refractivity contribution in [1.82, 2.24) is 0 Å². The summed E-state index contributed by atoms with van der Waals surface area (Å²) in [6, 6.07) is 8.91. The minimum atomic E-state index is -1.04. The number of carboxylic acid groups (broad SMARTS) is 1. The first kappa shape index (κ1) is 13.5. The second-order valence-electron chi connectivity index (χ2n) is 3.96. The van der Waals surface area contributed by atoms with E-state index in [9.17, 15) is 9.18 Å². The highest BCUT2D eigenvalue weighted by atomic mass is 79.9. The lowest BCUT2D eigenvalue weighted by molar-refractivity contribution is 0.0696. The number of aromatic carboxylic acids is 1. The Kier molecular flexibility index (Phi) is 3.85. The number of hydrogen-bond donors (Lipinski definition) is 1. The van der Waals surface area contributed by atoms with Crippen LogP contribution in [0.4, 0.5) is 4.39 Å². The standard InChI is InChI=1S/C14H10BrFO3/c1-8-2-3-9(14(17)18)6-13(8)19-10-4-5-11(15)12(16)7-10/h2-7H,1H3,(H,17,18). The Hall–Kier alpha value is -1.88. The lowest BCUT2D eigenvalue weighted by Gasteiger charge is -2.10. The van der Waals surface area contributed by atoms with Gasteiger partial charge in [-0.25, -0.2) is 9.18 Å². The molecule has 3 nitrogen and oxygen atoms in total. The van der Waals surface area contributed by atoms with Gasteiger partial charge in [-0.1, -0.05) is 6.07 Å². The second-order valence-corrected chi connectivity index (χ2v) is 4.82. The van der Waals surface area contributed by atoms with Gasteiger partial charge in [0.25, 0.3) is 0 Å². The van der Waals surface area contributed by atoms with E-state index in [1.807, 2.05) is 0 Å². The quantitative estimate of drug-likeness (QED) is 0.910. The molecule has 0 saturated heterocycles. The monoisotopic (exact) mass is 324 g/mol. The molecule has 2 aromatic rings. The van der Waals surface area contributed by atoms with Crippen molar-refractivity contribution in [2.45, 2.75) is 6.92 Å². The minimum absolute atomic E-state index is 0.123. The van der Waals surface area contributed by atoms with E-state index in [1.165, 1.54) is 24.3 Å². The van der Waals surface area contributed by atoms with E-state index in [1.54, 1.807) is 19.1 Å². The molecule has 0 radical (unpaired) electrons. The zero-order valence-electron chi connectivity index (χ0n) is 9.98. The first-order valence-corrected chi connectivity index (χ1v) is 6.23. The lowest BCUT2D eigenvalue weighted by Crippen LogP contribution is -1.97. The number of rotatable bonds is 3. The summed E-state index contributed by atoms with van der Waals surface area (Å²) in [6.45, 7) is 1.79. The van der Waals surface area contributed by atoms with Crippen LogP contribution in [0.2, 0.25) is 0 Å². The molecular weight excluding hydrogens is 315 g/mol. The third-order valence-electron chi connectivity index (χ3n) is 2.55. The van der Waals surface area contributed by atoms with Crippen molar-refractivity contribution < 1.29 is 19.0 Å². The van der Waals surface area contributed by atoms with Gasteiger partial charge in [0.15, 0.2) is 0 Å². The van der Waals surface area contributed by atoms with Crippen LogP contribution in [0.5, 0.6) is 11.5 Å². The highest BCUT2D eigenvalue weighted by Gasteiger charge is 2.09. The Balaban J connectivity index is 2.34. The smallest absolute Gasteiger partial charge is 0.335 e. The molecule has 19 heavy (non-hydrogen) atoms. The second kappa shape index (κ2) is 5.40. The summed E-state index contributed by atoms with van der Waals surface area (Å²) in [6.07, 6.45) is 0. The van der Waals surface area contributed by atoms with Crippen molar-refractivity contribution >= 4 is 21.9 Å². The van der Waals surface area contributed by atoms with E-state index in [2.05, 4.69) is 15.9 Å². The molecule has 2 aromatic carbocycles. The van der Waals surface area contributed by atoms with Gasteiger partial charge in [-0.15, -0.1) is 0 Å². The molecule has 0 amide bonds. The molecule has 0 aliphatic heterocycles. The Bertz CT molecular complexity index is 641. The van der Waals surface area contributed by atoms with Crippen molar-refractivity contribution in [1.29, 1.82) is 0 Å². The topological polar surface area (TPSA) is 46.5 Å². The molecule has 0 heterocycles. The Morgan fingerprint density at radius 1 is 1.26 bits per heavy atom. The number of ether oxygens (including phenoxy) is 1. The number of carboxylic acids is 1. The van der Waals surface area contributed by atoms with Crippen molar-refractivity contribution in [3.63, 3.8) is 0 Å². The molecule has 0 aliphatic carbocycles. The highest BCUT2D eigenvalue weighted by Crippen LogP contribution is 2.28. The first-order chi connectivity index (χ1) is 8.97. The molecule has 0 aliphatic rings.